The van der Waals surface area contributed by atoms with E-state index in [4.69, 9.17) is 14.8 Å². The van der Waals surface area contributed by atoms with Crippen LogP contribution >= 0.6 is 0 Å². The summed E-state index contributed by atoms with van der Waals surface area (Å²) in [4.78, 5) is 20.0. The van der Waals surface area contributed by atoms with Gasteiger partial charge in [0, 0.05) is 0 Å². The van der Waals surface area contributed by atoms with Crippen molar-refractivity contribution < 1.29 is 32.8 Å². The molecule has 0 aromatic heterocycles. The van der Waals surface area contributed by atoms with Crippen molar-refractivity contribution in [1.29, 1.82) is 0 Å². The van der Waals surface area contributed by atoms with Gasteiger partial charge in [0.2, 0.25) is 0 Å². The van der Waals surface area contributed by atoms with E-state index >= 15 is 0 Å². The third kappa shape index (κ3) is 15.2. The molecule has 1 aromatic rings. The minimum atomic E-state index is -4.84. The summed E-state index contributed by atoms with van der Waals surface area (Å²) >= 11 is 0.837. The molecule has 3 N–H and O–H groups in total. The maximum absolute atomic E-state index is 10.2. The van der Waals surface area contributed by atoms with Crippen molar-refractivity contribution in [3.8, 4) is 0 Å². The van der Waals surface area contributed by atoms with Gasteiger partial charge in [0.1, 0.15) is 0 Å². The SMILES string of the molecule is CCCCCCCCCCc1cccc[c]1[K].O=C(O)CC(C(=O)O)S(=O)(=O)O. The maximum atomic E-state index is 10.2. The zero-order valence-electron chi connectivity index (χ0n) is 17.3. The molecule has 0 heterocycles. The fourth-order valence-corrected chi connectivity index (χ4v) is 4.38. The molecule has 9 heteroatoms. The van der Waals surface area contributed by atoms with Crippen molar-refractivity contribution >= 4 is 70.7 Å². The molecule has 0 radical (unpaired) electrons. The summed E-state index contributed by atoms with van der Waals surface area (Å²) in [5.41, 5.74) is 1.62. The second kappa shape index (κ2) is 16.4. The monoisotopic (exact) mass is 454 g/mol. The number of hydrogen-bond donors (Lipinski definition) is 3. The summed E-state index contributed by atoms with van der Waals surface area (Å²) < 4.78 is 30.3. The summed E-state index contributed by atoms with van der Waals surface area (Å²) in [6.45, 7) is 2.28. The molecule has 0 aliphatic carbocycles. The number of benzene rings is 1. The van der Waals surface area contributed by atoms with E-state index < -0.39 is 33.7 Å². The maximum Gasteiger partial charge on any atom is 0.325 e. The Morgan fingerprint density at radius 1 is 0.966 bits per heavy atom. The van der Waals surface area contributed by atoms with Gasteiger partial charge >= 0.3 is 155 Å². The van der Waals surface area contributed by atoms with E-state index in [0.29, 0.717) is 0 Å². The quantitative estimate of drug-likeness (QED) is 0.237. The van der Waals surface area contributed by atoms with Crippen LogP contribution in [-0.2, 0) is 26.1 Å². The van der Waals surface area contributed by atoms with Crippen molar-refractivity contribution in [2.24, 2.45) is 0 Å². The third-order valence-electron chi connectivity index (χ3n) is 4.56. The Hall–Kier alpha value is -0.294. The van der Waals surface area contributed by atoms with Crippen molar-refractivity contribution in [3.63, 3.8) is 0 Å². The Bertz CT molecular complexity index is 719. The number of hydrogen-bond acceptors (Lipinski definition) is 4. The van der Waals surface area contributed by atoms with E-state index in [0.717, 1.165) is 49.0 Å². The first kappa shape index (κ1) is 28.7. The van der Waals surface area contributed by atoms with Gasteiger partial charge in [-0.25, -0.2) is 0 Å². The number of unbranched alkanes of at least 4 members (excludes halogenated alkanes) is 7. The fourth-order valence-electron chi connectivity index (χ4n) is 2.82. The molecule has 160 valence electrons. The normalized spacial score (nSPS) is 12.0. The molecule has 0 fully saturated rings. The number of aryl methyl sites for hydroxylation is 1. The van der Waals surface area contributed by atoms with Gasteiger partial charge in [0.05, 0.1) is 6.42 Å². The molecule has 29 heavy (non-hydrogen) atoms. The Morgan fingerprint density at radius 2 is 1.48 bits per heavy atom. The van der Waals surface area contributed by atoms with E-state index in [1.807, 2.05) is 0 Å². The van der Waals surface area contributed by atoms with Gasteiger partial charge in [-0.2, -0.15) is 8.42 Å². The van der Waals surface area contributed by atoms with Crippen LogP contribution < -0.4 is -0.342 Å². The van der Waals surface area contributed by atoms with Crippen LogP contribution in [0.15, 0.2) is 24.3 Å². The van der Waals surface area contributed by atoms with E-state index in [9.17, 15) is 18.0 Å². The second-order valence-electron chi connectivity index (χ2n) is 7.09. The van der Waals surface area contributed by atoms with E-state index in [1.165, 1.54) is 57.8 Å². The van der Waals surface area contributed by atoms with Crippen LogP contribution in [0.25, 0.3) is 0 Å². The molecule has 0 bridgehead atoms. The summed E-state index contributed by atoms with van der Waals surface area (Å²) in [6.07, 6.45) is 11.5. The van der Waals surface area contributed by atoms with Crippen LogP contribution in [-0.4, -0.2) is 89.3 Å². The van der Waals surface area contributed by atoms with E-state index in [-0.39, 0.29) is 0 Å². The first-order chi connectivity index (χ1) is 13.6. The average molecular weight is 455 g/mol. The minimum absolute atomic E-state index is 0.837. The van der Waals surface area contributed by atoms with Crippen LogP contribution in [0, 0.1) is 0 Å². The Labute approximate surface area is 207 Å². The van der Waals surface area contributed by atoms with Crippen LogP contribution in [0.3, 0.4) is 0 Å². The van der Waals surface area contributed by atoms with Crippen molar-refractivity contribution in [3.05, 3.63) is 29.8 Å². The molecule has 7 nitrogen and oxygen atoms in total. The van der Waals surface area contributed by atoms with Gasteiger partial charge in [-0.3, -0.25) is 14.1 Å². The van der Waals surface area contributed by atoms with Crippen LogP contribution in [0.1, 0.15) is 70.3 Å². The second-order valence-corrected chi connectivity index (χ2v) is 10.4. The zero-order valence-corrected chi connectivity index (χ0v) is 21.3. The number of aliphatic carboxylic acids is 2. The smallest absolute Gasteiger partial charge is 0.325 e. The molecule has 0 saturated heterocycles. The minimum Gasteiger partial charge on any atom is -0.481 e. The van der Waals surface area contributed by atoms with Gasteiger partial charge in [-0.1, -0.05) is 0 Å². The predicted molar refractivity (Wildman–Crippen MR) is 113 cm³/mol. The number of rotatable bonds is 13. The zero-order chi connectivity index (χ0) is 22.3. The first-order valence-electron chi connectivity index (χ1n) is 10.0. The number of carboxylic acids is 2. The van der Waals surface area contributed by atoms with Crippen LogP contribution in [0.2, 0.25) is 0 Å². The number of carboxylic acid groups (broad SMARTS) is 2. The van der Waals surface area contributed by atoms with Gasteiger partial charge in [-0.15, -0.1) is 0 Å². The Balaban J connectivity index is 0.000000578. The average Bonchev–Trinajstić information content (AvgIpc) is 2.62. The van der Waals surface area contributed by atoms with Gasteiger partial charge < -0.3 is 10.2 Å². The van der Waals surface area contributed by atoms with Gasteiger partial charge in [0.25, 0.3) is 10.1 Å². The van der Waals surface area contributed by atoms with E-state index in [1.54, 1.807) is 5.22 Å². The molecule has 0 aliphatic heterocycles. The van der Waals surface area contributed by atoms with Gasteiger partial charge in [0.15, 0.2) is 5.25 Å². The third-order valence-corrected chi connectivity index (χ3v) is 7.17. The summed E-state index contributed by atoms with van der Waals surface area (Å²) in [7, 11) is -4.84. The molecule has 1 rings (SSSR count). The Morgan fingerprint density at radius 3 is 1.90 bits per heavy atom. The summed E-state index contributed by atoms with van der Waals surface area (Å²) in [5, 5.41) is 13.9. The standard InChI is InChI=1S/C16H25.C4H6O7S.K/c1-2-3-4-5-6-7-8-10-13-16-14-11-9-12-15-16;5-3(6)1-2(4(7)8)12(9,10)11;/h9,11-12,14H,2-8,10,13H2,1H3;2H,1H2,(H,5,6)(H,7,8)(H,9,10,11);. The van der Waals surface area contributed by atoms with E-state index in [2.05, 4.69) is 31.2 Å². The van der Waals surface area contributed by atoms with Crippen molar-refractivity contribution in [1.82, 2.24) is 0 Å². The molecular formula is C20H31KO7S. The summed E-state index contributed by atoms with van der Waals surface area (Å²) in [5.74, 6) is -3.50. The van der Waals surface area contributed by atoms with Crippen LogP contribution in [0.5, 0.6) is 0 Å². The molecule has 1 atom stereocenters. The molecule has 1 unspecified atom stereocenters. The topological polar surface area (TPSA) is 129 Å². The predicted octanol–water partition coefficient (Wildman–Crippen LogP) is 2.97. The van der Waals surface area contributed by atoms with Crippen LogP contribution in [0.4, 0.5) is 0 Å². The fraction of sp³-hybridized carbons (Fsp3) is 0.600. The molecule has 0 spiro atoms. The molecule has 0 saturated carbocycles. The Kier molecular flexibility index (Phi) is 16.2. The van der Waals surface area contributed by atoms with Crippen molar-refractivity contribution in [2.45, 2.75) is 76.4 Å². The molecular weight excluding hydrogens is 423 g/mol. The number of carbonyl (C=O) groups is 2. The van der Waals surface area contributed by atoms with Gasteiger partial charge in [-0.05, 0) is 0 Å². The first-order valence-corrected chi connectivity index (χ1v) is 13.1. The molecule has 0 aliphatic rings. The molecule has 0 amide bonds. The molecule has 1 aromatic carbocycles. The largest absolute Gasteiger partial charge is 0.481 e. The summed E-state index contributed by atoms with van der Waals surface area (Å²) in [6, 6.07) is 9.00. The van der Waals surface area contributed by atoms with Crippen molar-refractivity contribution in [2.75, 3.05) is 0 Å².